The molecule has 0 atom stereocenters. The van der Waals surface area contributed by atoms with E-state index in [0.717, 1.165) is 53.7 Å². The number of carbonyl (C=O) groups excluding carboxylic acids is 1. The molecule has 0 radical (unpaired) electrons. The summed E-state index contributed by atoms with van der Waals surface area (Å²) in [5.74, 6) is 1.04. The summed E-state index contributed by atoms with van der Waals surface area (Å²) in [5.41, 5.74) is 5.70. The molecule has 2 aromatic carbocycles. The average Bonchev–Trinajstić information content (AvgIpc) is 3.18. The lowest BCUT2D eigenvalue weighted by Gasteiger charge is -2.34. The second kappa shape index (κ2) is 8.03. The third kappa shape index (κ3) is 3.94. The van der Waals surface area contributed by atoms with E-state index >= 15 is 0 Å². The number of fused-ring (bicyclic) bond motifs is 1. The molecule has 5 nitrogen and oxygen atoms in total. The third-order valence-electron chi connectivity index (χ3n) is 5.65. The number of hydrogen-bond acceptors (Lipinski definition) is 5. The van der Waals surface area contributed by atoms with Crippen molar-refractivity contribution in [3.05, 3.63) is 52.6 Å². The van der Waals surface area contributed by atoms with E-state index < -0.39 is 0 Å². The molecule has 2 heterocycles. The van der Waals surface area contributed by atoms with Crippen molar-refractivity contribution in [2.45, 2.75) is 27.2 Å². The summed E-state index contributed by atoms with van der Waals surface area (Å²) in [6.45, 7) is 9.39. The van der Waals surface area contributed by atoms with Gasteiger partial charge >= 0.3 is 0 Å². The van der Waals surface area contributed by atoms with Gasteiger partial charge < -0.3 is 14.5 Å². The van der Waals surface area contributed by atoms with Crippen molar-refractivity contribution in [1.82, 2.24) is 9.88 Å². The van der Waals surface area contributed by atoms with Crippen LogP contribution >= 0.6 is 11.3 Å². The van der Waals surface area contributed by atoms with Gasteiger partial charge in [-0.1, -0.05) is 35.6 Å². The molecule has 1 fully saturated rings. The van der Waals surface area contributed by atoms with Crippen molar-refractivity contribution in [3.63, 3.8) is 0 Å². The lowest BCUT2D eigenvalue weighted by atomic mass is 10.1. The maximum absolute atomic E-state index is 12.8. The fourth-order valence-corrected chi connectivity index (χ4v) is 5.03. The summed E-state index contributed by atoms with van der Waals surface area (Å²) in [5, 5.41) is 1.07. The van der Waals surface area contributed by atoms with Crippen molar-refractivity contribution in [2.75, 3.05) is 38.2 Å². The number of piperazine rings is 1. The topological polar surface area (TPSA) is 45.7 Å². The van der Waals surface area contributed by atoms with Crippen LogP contribution < -0.4 is 9.64 Å². The summed E-state index contributed by atoms with van der Waals surface area (Å²) >= 11 is 1.76. The molecule has 0 bridgehead atoms. The van der Waals surface area contributed by atoms with Crippen LogP contribution in [0.3, 0.4) is 0 Å². The molecule has 0 unspecified atom stereocenters. The Morgan fingerprint density at radius 3 is 2.41 bits per heavy atom. The number of ether oxygens (including phenoxy) is 1. The molecule has 1 saturated heterocycles. The van der Waals surface area contributed by atoms with Gasteiger partial charge in [-0.05, 0) is 49.1 Å². The number of aromatic nitrogens is 1. The highest BCUT2D eigenvalue weighted by Crippen LogP contribution is 2.33. The monoisotopic (exact) mass is 409 g/mol. The Bertz CT molecular complexity index is 1010. The number of rotatable bonds is 4. The summed E-state index contributed by atoms with van der Waals surface area (Å²) in [4.78, 5) is 21.9. The fourth-order valence-electron chi connectivity index (χ4n) is 3.87. The first-order valence-corrected chi connectivity index (χ1v) is 10.8. The first-order chi connectivity index (χ1) is 14.0. The van der Waals surface area contributed by atoms with Gasteiger partial charge in [0.05, 0.1) is 23.7 Å². The van der Waals surface area contributed by atoms with Gasteiger partial charge in [0.25, 0.3) is 0 Å². The van der Waals surface area contributed by atoms with Gasteiger partial charge in [-0.2, -0.15) is 0 Å². The molecule has 0 saturated carbocycles. The maximum Gasteiger partial charge on any atom is 0.227 e. The molecular formula is C23H27N3O2S. The van der Waals surface area contributed by atoms with Crippen LogP contribution in [0, 0.1) is 20.8 Å². The van der Waals surface area contributed by atoms with Crippen LogP contribution in [0.2, 0.25) is 0 Å². The minimum Gasteiger partial charge on any atom is -0.496 e. The fraction of sp³-hybridized carbons (Fsp3) is 0.391. The largest absolute Gasteiger partial charge is 0.496 e. The number of aryl methyl sites for hydroxylation is 3. The molecule has 0 N–H and O–H groups in total. The van der Waals surface area contributed by atoms with Crippen LogP contribution in [0.5, 0.6) is 5.75 Å². The molecule has 3 aromatic rings. The molecule has 1 aliphatic rings. The molecule has 6 heteroatoms. The average molecular weight is 410 g/mol. The highest BCUT2D eigenvalue weighted by atomic mass is 32.1. The molecule has 1 amide bonds. The molecule has 0 spiro atoms. The zero-order valence-electron chi connectivity index (χ0n) is 17.5. The third-order valence-corrected chi connectivity index (χ3v) is 6.90. The second-order valence-electron chi connectivity index (χ2n) is 7.72. The minimum atomic E-state index is 0.185. The molecule has 1 aliphatic heterocycles. The highest BCUT2D eigenvalue weighted by Gasteiger charge is 2.23. The molecular weight excluding hydrogens is 382 g/mol. The number of carbonyl (C=O) groups is 1. The quantitative estimate of drug-likeness (QED) is 0.650. The van der Waals surface area contributed by atoms with E-state index in [2.05, 4.69) is 30.9 Å². The van der Waals surface area contributed by atoms with Crippen molar-refractivity contribution < 1.29 is 9.53 Å². The number of methoxy groups -OCH3 is 1. The Labute approximate surface area is 175 Å². The molecule has 152 valence electrons. The molecule has 29 heavy (non-hydrogen) atoms. The predicted molar refractivity (Wildman–Crippen MR) is 119 cm³/mol. The van der Waals surface area contributed by atoms with Gasteiger partial charge in [0.1, 0.15) is 5.75 Å². The van der Waals surface area contributed by atoms with E-state index in [9.17, 15) is 4.79 Å². The summed E-state index contributed by atoms with van der Waals surface area (Å²) in [6.07, 6.45) is 0.435. The van der Waals surface area contributed by atoms with Crippen LogP contribution in [0.15, 0.2) is 30.3 Å². The van der Waals surface area contributed by atoms with Gasteiger partial charge in [0.15, 0.2) is 5.13 Å². The first kappa shape index (κ1) is 19.7. The number of nitrogens with zero attached hydrogens (tertiary/aromatic N) is 3. The molecule has 0 aliphatic carbocycles. The maximum atomic E-state index is 12.8. The van der Waals surface area contributed by atoms with Gasteiger partial charge in [-0.25, -0.2) is 4.98 Å². The van der Waals surface area contributed by atoms with Crippen LogP contribution in [0.4, 0.5) is 5.13 Å². The lowest BCUT2D eigenvalue weighted by Crippen LogP contribution is -2.49. The summed E-state index contributed by atoms with van der Waals surface area (Å²) < 4.78 is 6.58. The smallest absolute Gasteiger partial charge is 0.227 e. The first-order valence-electron chi connectivity index (χ1n) is 9.99. The van der Waals surface area contributed by atoms with Crippen molar-refractivity contribution in [2.24, 2.45) is 0 Å². The van der Waals surface area contributed by atoms with E-state index in [1.54, 1.807) is 18.4 Å². The SMILES string of the molecule is COc1ccc(CC(=O)N2CCN(c3nc4c(C)ccc(C)c4s3)CC2)cc1C. The van der Waals surface area contributed by atoms with Crippen LogP contribution in [-0.4, -0.2) is 49.1 Å². The Morgan fingerprint density at radius 1 is 1.03 bits per heavy atom. The van der Waals surface area contributed by atoms with Crippen molar-refractivity contribution >= 4 is 32.6 Å². The summed E-state index contributed by atoms with van der Waals surface area (Å²) in [7, 11) is 1.67. The van der Waals surface area contributed by atoms with E-state index in [0.29, 0.717) is 6.42 Å². The minimum absolute atomic E-state index is 0.185. The summed E-state index contributed by atoms with van der Waals surface area (Å²) in [6, 6.07) is 10.3. The Hall–Kier alpha value is -2.60. The Balaban J connectivity index is 1.40. The van der Waals surface area contributed by atoms with Crippen LogP contribution in [0.25, 0.3) is 10.2 Å². The Kier molecular flexibility index (Phi) is 5.46. The normalized spacial score (nSPS) is 14.5. The number of thiazole rings is 1. The second-order valence-corrected chi connectivity index (χ2v) is 8.70. The molecule has 4 rings (SSSR count). The van der Waals surface area contributed by atoms with Gasteiger partial charge in [0, 0.05) is 26.2 Å². The van der Waals surface area contributed by atoms with Crippen molar-refractivity contribution in [1.29, 1.82) is 0 Å². The molecule has 1 aromatic heterocycles. The van der Waals surface area contributed by atoms with E-state index in [-0.39, 0.29) is 5.91 Å². The zero-order chi connectivity index (χ0) is 20.5. The predicted octanol–water partition coefficient (Wildman–Crippen LogP) is 4.12. The van der Waals surface area contributed by atoms with E-state index in [4.69, 9.17) is 9.72 Å². The number of hydrogen-bond donors (Lipinski definition) is 0. The Morgan fingerprint density at radius 2 is 1.76 bits per heavy atom. The van der Waals surface area contributed by atoms with Crippen molar-refractivity contribution in [3.8, 4) is 5.75 Å². The standard InChI is InChI=1S/C23H27N3O2S/c1-15-5-6-16(2)22-21(15)24-23(29-22)26-11-9-25(10-12-26)20(27)14-18-7-8-19(28-4)17(3)13-18/h5-8,13H,9-12,14H2,1-4H3. The number of amides is 1. The number of benzene rings is 2. The number of anilines is 1. The van der Waals surface area contributed by atoms with Gasteiger partial charge in [-0.15, -0.1) is 0 Å². The van der Waals surface area contributed by atoms with Crippen LogP contribution in [-0.2, 0) is 11.2 Å². The lowest BCUT2D eigenvalue weighted by molar-refractivity contribution is -0.130. The van der Waals surface area contributed by atoms with E-state index in [1.165, 1.54) is 15.8 Å². The van der Waals surface area contributed by atoms with Gasteiger partial charge in [0.2, 0.25) is 5.91 Å². The zero-order valence-corrected chi connectivity index (χ0v) is 18.3. The van der Waals surface area contributed by atoms with Gasteiger partial charge in [-0.3, -0.25) is 4.79 Å². The highest BCUT2D eigenvalue weighted by molar-refractivity contribution is 7.22. The van der Waals surface area contributed by atoms with E-state index in [1.807, 2.05) is 30.0 Å². The van der Waals surface area contributed by atoms with Crippen LogP contribution in [0.1, 0.15) is 22.3 Å².